The van der Waals surface area contributed by atoms with E-state index in [9.17, 15) is 13.6 Å². The van der Waals surface area contributed by atoms with E-state index in [1.54, 1.807) is 48.7 Å². The predicted molar refractivity (Wildman–Crippen MR) is 142 cm³/mol. The van der Waals surface area contributed by atoms with Gasteiger partial charge in [-0.1, -0.05) is 58.9 Å². The van der Waals surface area contributed by atoms with Crippen molar-refractivity contribution in [3.63, 3.8) is 0 Å². The lowest BCUT2D eigenvalue weighted by Crippen LogP contribution is -2.25. The Hall–Kier alpha value is -2.33. The molecule has 1 aliphatic heterocycles. The number of benzene rings is 2. The highest BCUT2D eigenvalue weighted by Gasteiger charge is 2.30. The van der Waals surface area contributed by atoms with Crippen LogP contribution in [0.5, 0.6) is 0 Å². The smallest absolute Gasteiger partial charge is 0.288 e. The minimum atomic E-state index is -2.46. The number of thioether (sulfide) groups is 2. The van der Waals surface area contributed by atoms with Crippen LogP contribution in [0.2, 0.25) is 10.0 Å². The third kappa shape index (κ3) is 6.27. The molecule has 11 heteroatoms. The third-order valence-electron chi connectivity index (χ3n) is 5.31. The Morgan fingerprint density at radius 1 is 1.17 bits per heavy atom. The molecule has 0 saturated carbocycles. The fourth-order valence-corrected chi connectivity index (χ4v) is 5.53. The molecule has 1 amide bonds. The van der Waals surface area contributed by atoms with Gasteiger partial charge in [0.15, 0.2) is 5.17 Å². The summed E-state index contributed by atoms with van der Waals surface area (Å²) in [5.74, 6) is -2.62. The molecular formula is C24H20Cl2F2N4OS2. The molecular weight excluding hydrogens is 533 g/mol. The summed E-state index contributed by atoms with van der Waals surface area (Å²) in [5, 5.41) is 12.3. The minimum Gasteiger partial charge on any atom is -0.316 e. The largest absolute Gasteiger partial charge is 0.316 e. The number of hydrogen-bond acceptors (Lipinski definition) is 5. The highest BCUT2D eigenvalue weighted by atomic mass is 35.5. The van der Waals surface area contributed by atoms with Crippen molar-refractivity contribution < 1.29 is 13.6 Å². The number of nitrogens with one attached hydrogen (secondary N) is 1. The van der Waals surface area contributed by atoms with Crippen LogP contribution in [0.4, 0.5) is 8.78 Å². The molecule has 4 rings (SSSR count). The molecule has 1 N–H and O–H groups in total. The van der Waals surface area contributed by atoms with Crippen LogP contribution in [0.25, 0.3) is 5.69 Å². The van der Waals surface area contributed by atoms with Crippen LogP contribution in [0, 0.1) is 13.8 Å². The van der Waals surface area contributed by atoms with Gasteiger partial charge in [0.1, 0.15) is 0 Å². The van der Waals surface area contributed by atoms with Gasteiger partial charge in [0, 0.05) is 26.9 Å². The van der Waals surface area contributed by atoms with Gasteiger partial charge < -0.3 is 9.88 Å². The molecule has 2 heterocycles. The summed E-state index contributed by atoms with van der Waals surface area (Å²) in [6, 6.07) is 14.1. The Labute approximate surface area is 220 Å². The number of aromatic nitrogens is 1. The highest BCUT2D eigenvalue weighted by Crippen LogP contribution is 2.29. The molecule has 1 fully saturated rings. The molecule has 1 saturated heterocycles. The molecule has 0 bridgehead atoms. The molecule has 182 valence electrons. The molecule has 2 aromatic carbocycles. The van der Waals surface area contributed by atoms with E-state index >= 15 is 0 Å². The first-order chi connectivity index (χ1) is 16.7. The topological polar surface area (TPSA) is 58.8 Å². The number of amidine groups is 1. The van der Waals surface area contributed by atoms with Crippen molar-refractivity contribution in [2.75, 3.05) is 0 Å². The maximum Gasteiger partial charge on any atom is 0.288 e. The zero-order valence-electron chi connectivity index (χ0n) is 18.6. The first kappa shape index (κ1) is 25.8. The normalized spacial score (nSPS) is 17.2. The molecule has 1 unspecified atom stereocenters. The number of halogens is 4. The van der Waals surface area contributed by atoms with Crippen molar-refractivity contribution in [3.8, 4) is 5.69 Å². The first-order valence-corrected chi connectivity index (χ1v) is 13.0. The van der Waals surface area contributed by atoms with Gasteiger partial charge in [0.05, 0.1) is 22.2 Å². The average molecular weight is 553 g/mol. The van der Waals surface area contributed by atoms with Gasteiger partial charge >= 0.3 is 0 Å². The molecule has 1 aromatic heterocycles. The number of alkyl halides is 2. The van der Waals surface area contributed by atoms with Crippen molar-refractivity contribution in [1.82, 2.24) is 9.88 Å². The number of aryl methyl sites for hydroxylation is 1. The zero-order chi connectivity index (χ0) is 25.1. The van der Waals surface area contributed by atoms with Crippen LogP contribution in [-0.2, 0) is 11.2 Å². The lowest BCUT2D eigenvalue weighted by atomic mass is 10.1. The Balaban J connectivity index is 1.43. The monoisotopic (exact) mass is 552 g/mol. The number of amides is 1. The fraction of sp³-hybridized carbons (Fsp3) is 0.208. The van der Waals surface area contributed by atoms with Gasteiger partial charge in [0.2, 0.25) is 5.91 Å². The van der Waals surface area contributed by atoms with E-state index in [4.69, 9.17) is 23.2 Å². The standard InChI is InChI=1S/C24H20Cl2F2N4OS2/c1-13-9-16(14(2)32(13)20-11-17(25)5-8-19(20)26)12-29-31-24-30-22(33)21(35-24)10-15-3-6-18(7-4-15)34-23(27)28/h3-9,11-12,21,23H,10H2,1-2H3,(H,30,31,33)/b29-12+. The Kier molecular flexibility index (Phi) is 8.21. The summed E-state index contributed by atoms with van der Waals surface area (Å²) in [5.41, 5.74) is 4.40. The first-order valence-electron chi connectivity index (χ1n) is 10.5. The summed E-state index contributed by atoms with van der Waals surface area (Å²) in [6.07, 6.45) is 2.09. The lowest BCUT2D eigenvalue weighted by molar-refractivity contribution is -0.118. The summed E-state index contributed by atoms with van der Waals surface area (Å²) in [6.45, 7) is 3.91. The summed E-state index contributed by atoms with van der Waals surface area (Å²) >= 11 is 14.3. The van der Waals surface area contributed by atoms with E-state index in [0.717, 1.165) is 28.2 Å². The van der Waals surface area contributed by atoms with Gasteiger partial charge in [-0.25, -0.2) is 0 Å². The second-order valence-electron chi connectivity index (χ2n) is 7.73. The summed E-state index contributed by atoms with van der Waals surface area (Å²) < 4.78 is 26.9. The summed E-state index contributed by atoms with van der Waals surface area (Å²) in [7, 11) is 0. The van der Waals surface area contributed by atoms with Crippen molar-refractivity contribution >= 4 is 64.0 Å². The Morgan fingerprint density at radius 2 is 1.91 bits per heavy atom. The SMILES string of the molecule is Cc1cc(/C=N/N=C2/NC(=O)C(Cc3ccc(SC(F)F)cc3)S2)c(C)n1-c1cc(Cl)ccc1Cl. The van der Waals surface area contributed by atoms with Crippen LogP contribution in [0.1, 0.15) is 22.5 Å². The molecule has 0 aliphatic carbocycles. The van der Waals surface area contributed by atoms with Crippen molar-refractivity contribution in [2.45, 2.75) is 36.2 Å². The number of hydrogen-bond donors (Lipinski definition) is 1. The quantitative estimate of drug-likeness (QED) is 0.197. The van der Waals surface area contributed by atoms with Crippen molar-refractivity contribution in [3.05, 3.63) is 81.1 Å². The van der Waals surface area contributed by atoms with E-state index in [1.165, 1.54) is 11.8 Å². The van der Waals surface area contributed by atoms with Crippen LogP contribution in [0.3, 0.4) is 0 Å². The molecule has 1 aliphatic rings. The fourth-order valence-electron chi connectivity index (χ4n) is 3.70. The van der Waals surface area contributed by atoms with E-state index in [2.05, 4.69) is 15.5 Å². The predicted octanol–water partition coefficient (Wildman–Crippen LogP) is 6.88. The number of nitrogens with zero attached hydrogens (tertiary/aromatic N) is 3. The van der Waals surface area contributed by atoms with Crippen LogP contribution >= 0.6 is 46.7 Å². The van der Waals surface area contributed by atoms with Gasteiger partial charge in [-0.3, -0.25) is 4.79 Å². The van der Waals surface area contributed by atoms with Gasteiger partial charge in [-0.05, 0) is 62.2 Å². The molecule has 0 spiro atoms. The number of carbonyl (C=O) groups is 1. The van der Waals surface area contributed by atoms with Crippen LogP contribution in [0.15, 0.2) is 63.6 Å². The van der Waals surface area contributed by atoms with Crippen molar-refractivity contribution in [1.29, 1.82) is 0 Å². The molecule has 35 heavy (non-hydrogen) atoms. The van der Waals surface area contributed by atoms with Gasteiger partial charge in [-0.2, -0.15) is 13.9 Å². The zero-order valence-corrected chi connectivity index (χ0v) is 21.8. The molecule has 1 atom stereocenters. The lowest BCUT2D eigenvalue weighted by Gasteiger charge is -2.12. The second-order valence-corrected chi connectivity index (χ2v) is 10.8. The van der Waals surface area contributed by atoms with Crippen LogP contribution in [-0.4, -0.2) is 32.9 Å². The molecule has 3 aromatic rings. The Bertz CT molecular complexity index is 1310. The minimum absolute atomic E-state index is 0.163. The van der Waals surface area contributed by atoms with Gasteiger partial charge in [0.25, 0.3) is 5.76 Å². The molecule has 5 nitrogen and oxygen atoms in total. The van der Waals surface area contributed by atoms with Crippen LogP contribution < -0.4 is 5.32 Å². The van der Waals surface area contributed by atoms with Crippen molar-refractivity contribution in [2.24, 2.45) is 10.2 Å². The highest BCUT2D eigenvalue weighted by molar-refractivity contribution is 8.15. The Morgan fingerprint density at radius 3 is 2.63 bits per heavy atom. The number of carbonyl (C=O) groups excluding carboxylic acids is 1. The third-order valence-corrected chi connectivity index (χ3v) is 7.66. The van der Waals surface area contributed by atoms with E-state index in [1.807, 2.05) is 24.5 Å². The van der Waals surface area contributed by atoms with E-state index in [0.29, 0.717) is 38.3 Å². The number of rotatable bonds is 7. The summed E-state index contributed by atoms with van der Waals surface area (Å²) in [4.78, 5) is 12.8. The van der Waals surface area contributed by atoms with E-state index < -0.39 is 5.76 Å². The van der Waals surface area contributed by atoms with Gasteiger partial charge in [-0.15, -0.1) is 5.10 Å². The van der Waals surface area contributed by atoms with E-state index in [-0.39, 0.29) is 11.2 Å². The maximum absolute atomic E-state index is 12.5. The maximum atomic E-state index is 12.5. The molecule has 0 radical (unpaired) electrons. The average Bonchev–Trinajstić information content (AvgIpc) is 3.29. The second kappa shape index (κ2) is 11.2.